The Balaban J connectivity index is 1.57. The minimum absolute atomic E-state index is 0.0934. The first-order valence-electron chi connectivity index (χ1n) is 9.93. The molecule has 0 amide bonds. The summed E-state index contributed by atoms with van der Waals surface area (Å²) in [6.07, 6.45) is 4.77. The molecule has 0 saturated carbocycles. The highest BCUT2D eigenvalue weighted by Crippen LogP contribution is 2.40. The number of sulfonamides is 1. The van der Waals surface area contributed by atoms with E-state index in [0.717, 1.165) is 42.3 Å². The van der Waals surface area contributed by atoms with Gasteiger partial charge in [0.2, 0.25) is 16.0 Å². The molecule has 2 aliphatic rings. The summed E-state index contributed by atoms with van der Waals surface area (Å²) in [5.41, 5.74) is -0.0312. The maximum absolute atomic E-state index is 13.6. The molecule has 0 aromatic carbocycles. The summed E-state index contributed by atoms with van der Waals surface area (Å²) >= 11 is 1.20. The molecule has 1 saturated heterocycles. The number of halogens is 3. The molecule has 1 aliphatic carbocycles. The van der Waals surface area contributed by atoms with Gasteiger partial charge in [-0.2, -0.15) is 13.2 Å². The van der Waals surface area contributed by atoms with Crippen LogP contribution in [0.3, 0.4) is 0 Å². The molecule has 0 spiro atoms. The highest BCUT2D eigenvalue weighted by molar-refractivity contribution is 7.88. The number of nitrogens with zero attached hydrogens (tertiary/aromatic N) is 4. The van der Waals surface area contributed by atoms with Crippen LogP contribution in [0.2, 0.25) is 0 Å². The van der Waals surface area contributed by atoms with E-state index in [1.807, 2.05) is 0 Å². The number of rotatable bonds is 5. The predicted octanol–water partition coefficient (Wildman–Crippen LogP) is 4.02. The molecule has 2 aromatic heterocycles. The molecular weight excluding hydrogens is 451 g/mol. The molecular formula is C19H22F3N5O2S2. The van der Waals surface area contributed by atoms with E-state index in [1.54, 1.807) is 0 Å². The maximum atomic E-state index is 13.6. The van der Waals surface area contributed by atoms with E-state index in [0.29, 0.717) is 30.8 Å². The zero-order chi connectivity index (χ0) is 22.2. The van der Waals surface area contributed by atoms with Gasteiger partial charge >= 0.3 is 6.18 Å². The summed E-state index contributed by atoms with van der Waals surface area (Å²) < 4.78 is 65.5. The zero-order valence-electron chi connectivity index (χ0n) is 16.8. The van der Waals surface area contributed by atoms with Crippen molar-refractivity contribution in [3.63, 3.8) is 0 Å². The number of hydrogen-bond acceptors (Lipinski definition) is 7. The van der Waals surface area contributed by atoms with Gasteiger partial charge in [-0.1, -0.05) is 6.08 Å². The number of anilines is 1. The van der Waals surface area contributed by atoms with Crippen molar-refractivity contribution in [3.8, 4) is 10.6 Å². The molecule has 1 fully saturated rings. The molecule has 2 aromatic rings. The van der Waals surface area contributed by atoms with Crippen LogP contribution in [0.5, 0.6) is 0 Å². The Morgan fingerprint density at radius 3 is 2.55 bits per heavy atom. The lowest BCUT2D eigenvalue weighted by atomic mass is 10.1. The fourth-order valence-electron chi connectivity index (χ4n) is 3.76. The van der Waals surface area contributed by atoms with E-state index in [2.05, 4.69) is 26.3 Å². The lowest BCUT2D eigenvalue weighted by molar-refractivity contribution is -0.137. The van der Waals surface area contributed by atoms with Crippen LogP contribution in [0.25, 0.3) is 16.1 Å². The Hall–Kier alpha value is -2.05. The van der Waals surface area contributed by atoms with Crippen LogP contribution >= 0.6 is 11.3 Å². The smallest absolute Gasteiger partial charge is 0.351 e. The Morgan fingerprint density at radius 1 is 1.19 bits per heavy atom. The molecule has 1 aliphatic heterocycles. The van der Waals surface area contributed by atoms with Gasteiger partial charge in [0.05, 0.1) is 16.8 Å². The summed E-state index contributed by atoms with van der Waals surface area (Å²) in [6.45, 7) is 0.689. The summed E-state index contributed by atoms with van der Waals surface area (Å²) in [5, 5.41) is 3.79. The quantitative estimate of drug-likeness (QED) is 0.706. The monoisotopic (exact) mass is 473 g/mol. The standard InChI is InChI=1S/C19H22F3N5O2S2/c1-31(28,29)27-8-6-13(7-9-27)25-18-24-10-14(19(20,21)22)16(26-18)15-11-23-17(30-15)12-4-2-3-5-12/h4,10-11,13H,2-3,5-9H2,1H3,(H,24,25,26). The van der Waals surface area contributed by atoms with Crippen molar-refractivity contribution in [1.29, 1.82) is 0 Å². The second-order valence-electron chi connectivity index (χ2n) is 7.69. The summed E-state index contributed by atoms with van der Waals surface area (Å²) in [5.74, 6) is 0.0934. The van der Waals surface area contributed by atoms with Crippen molar-refractivity contribution in [2.45, 2.75) is 44.3 Å². The highest BCUT2D eigenvalue weighted by atomic mass is 32.2. The van der Waals surface area contributed by atoms with Crippen LogP contribution in [0.4, 0.5) is 19.1 Å². The van der Waals surface area contributed by atoms with E-state index >= 15 is 0 Å². The van der Waals surface area contributed by atoms with Crippen LogP contribution in [0, 0.1) is 0 Å². The third-order valence-corrected chi connectivity index (χ3v) is 7.79. The van der Waals surface area contributed by atoms with Gasteiger partial charge in [0.1, 0.15) is 10.6 Å². The fourth-order valence-corrected chi connectivity index (χ4v) is 5.62. The molecule has 0 atom stereocenters. The minimum atomic E-state index is -4.59. The van der Waals surface area contributed by atoms with Gasteiger partial charge in [0, 0.05) is 31.5 Å². The topological polar surface area (TPSA) is 88.1 Å². The van der Waals surface area contributed by atoms with Crippen LogP contribution < -0.4 is 5.32 Å². The number of thiazole rings is 1. The highest BCUT2D eigenvalue weighted by Gasteiger charge is 2.36. The SMILES string of the molecule is CS(=O)(=O)N1CCC(Nc2ncc(C(F)(F)F)c(-c3cnc(C4=CCCC4)s3)n2)CC1. The zero-order valence-corrected chi connectivity index (χ0v) is 18.4. The Morgan fingerprint density at radius 2 is 1.94 bits per heavy atom. The first kappa shape index (κ1) is 22.2. The molecule has 0 bridgehead atoms. The largest absolute Gasteiger partial charge is 0.420 e. The van der Waals surface area contributed by atoms with Crippen LogP contribution in [-0.2, 0) is 16.2 Å². The number of hydrogen-bond donors (Lipinski definition) is 1. The third kappa shape index (κ3) is 5.07. The van der Waals surface area contributed by atoms with Gasteiger partial charge in [-0.05, 0) is 37.7 Å². The summed E-state index contributed by atoms with van der Waals surface area (Å²) in [7, 11) is -3.25. The van der Waals surface area contributed by atoms with E-state index < -0.39 is 21.8 Å². The molecule has 31 heavy (non-hydrogen) atoms. The second-order valence-corrected chi connectivity index (χ2v) is 10.7. The first-order chi connectivity index (χ1) is 14.6. The third-order valence-electron chi connectivity index (χ3n) is 5.41. The Labute approximate surface area is 182 Å². The van der Waals surface area contributed by atoms with Gasteiger partial charge in [0.25, 0.3) is 0 Å². The van der Waals surface area contributed by atoms with Crippen LogP contribution in [0.1, 0.15) is 42.7 Å². The minimum Gasteiger partial charge on any atom is -0.351 e. The summed E-state index contributed by atoms with van der Waals surface area (Å²) in [6, 6.07) is -0.122. The average molecular weight is 474 g/mol. The van der Waals surface area contributed by atoms with Crippen molar-refractivity contribution in [3.05, 3.63) is 29.0 Å². The van der Waals surface area contributed by atoms with Crippen molar-refractivity contribution in [2.75, 3.05) is 24.7 Å². The van der Waals surface area contributed by atoms with E-state index in [4.69, 9.17) is 0 Å². The molecule has 1 N–H and O–H groups in total. The van der Waals surface area contributed by atoms with Gasteiger partial charge < -0.3 is 5.32 Å². The molecule has 3 heterocycles. The molecule has 0 unspecified atom stereocenters. The molecule has 168 valence electrons. The first-order valence-corrected chi connectivity index (χ1v) is 12.6. The summed E-state index contributed by atoms with van der Waals surface area (Å²) in [4.78, 5) is 12.7. The van der Waals surface area contributed by atoms with Gasteiger partial charge in [-0.25, -0.2) is 27.7 Å². The number of aromatic nitrogens is 3. The lowest BCUT2D eigenvalue weighted by Gasteiger charge is -2.30. The lowest BCUT2D eigenvalue weighted by Crippen LogP contribution is -2.42. The van der Waals surface area contributed by atoms with Gasteiger partial charge in [0.15, 0.2) is 0 Å². The second kappa shape index (κ2) is 8.47. The fraction of sp³-hybridized carbons (Fsp3) is 0.526. The van der Waals surface area contributed by atoms with E-state index in [-0.39, 0.29) is 17.7 Å². The molecule has 0 radical (unpaired) electrons. The van der Waals surface area contributed by atoms with Crippen molar-refractivity contribution in [2.24, 2.45) is 0 Å². The predicted molar refractivity (Wildman–Crippen MR) is 113 cm³/mol. The van der Waals surface area contributed by atoms with Crippen LogP contribution in [0.15, 0.2) is 18.5 Å². The number of piperidine rings is 1. The number of alkyl halides is 3. The Kier molecular flexibility index (Phi) is 6.05. The number of allylic oxidation sites excluding steroid dienone is 2. The van der Waals surface area contributed by atoms with Crippen LogP contribution in [-0.4, -0.2) is 53.1 Å². The van der Waals surface area contributed by atoms with Crippen molar-refractivity contribution >= 4 is 32.9 Å². The van der Waals surface area contributed by atoms with Crippen molar-refractivity contribution < 1.29 is 21.6 Å². The molecule has 4 rings (SSSR count). The van der Waals surface area contributed by atoms with E-state index in [9.17, 15) is 21.6 Å². The van der Waals surface area contributed by atoms with Gasteiger partial charge in [-0.3, -0.25) is 0 Å². The molecule has 7 nitrogen and oxygen atoms in total. The van der Waals surface area contributed by atoms with Gasteiger partial charge in [-0.15, -0.1) is 11.3 Å². The average Bonchev–Trinajstić information content (AvgIpc) is 3.39. The number of nitrogens with one attached hydrogen (secondary N) is 1. The normalized spacial score (nSPS) is 18.9. The van der Waals surface area contributed by atoms with E-state index in [1.165, 1.54) is 21.8 Å². The molecule has 12 heteroatoms. The maximum Gasteiger partial charge on any atom is 0.420 e. The Bertz CT molecular complexity index is 1090. The van der Waals surface area contributed by atoms with Crippen molar-refractivity contribution in [1.82, 2.24) is 19.3 Å².